The van der Waals surface area contributed by atoms with E-state index in [4.69, 9.17) is 4.74 Å². The number of nitrogens with one attached hydrogen (secondary N) is 1. The zero-order chi connectivity index (χ0) is 12.6. The monoisotopic (exact) mass is 242 g/mol. The van der Waals surface area contributed by atoms with Gasteiger partial charge in [0.2, 0.25) is 0 Å². The van der Waals surface area contributed by atoms with Gasteiger partial charge in [0.25, 0.3) is 0 Å². The molecule has 2 aromatic rings. The summed E-state index contributed by atoms with van der Waals surface area (Å²) in [6.07, 6.45) is 1.82. The van der Waals surface area contributed by atoms with E-state index >= 15 is 0 Å². The summed E-state index contributed by atoms with van der Waals surface area (Å²) in [7, 11) is 0. The first-order valence-corrected chi connectivity index (χ1v) is 6.15. The van der Waals surface area contributed by atoms with Crippen LogP contribution in [0.25, 0.3) is 0 Å². The molecule has 1 aromatic carbocycles. The summed E-state index contributed by atoms with van der Waals surface area (Å²) in [6, 6.07) is 13.9. The maximum atomic E-state index is 5.59. The highest BCUT2D eigenvalue weighted by Gasteiger charge is 1.97. The van der Waals surface area contributed by atoms with Gasteiger partial charge >= 0.3 is 0 Å². The van der Waals surface area contributed by atoms with Crippen LogP contribution >= 0.6 is 0 Å². The Morgan fingerprint density at radius 1 is 1.11 bits per heavy atom. The zero-order valence-electron chi connectivity index (χ0n) is 10.6. The molecule has 0 atom stereocenters. The van der Waals surface area contributed by atoms with E-state index < -0.39 is 0 Å². The molecule has 0 aliphatic heterocycles. The molecule has 0 saturated heterocycles. The highest BCUT2D eigenvalue weighted by atomic mass is 16.5. The highest BCUT2D eigenvalue weighted by molar-refractivity contribution is 5.21. The zero-order valence-corrected chi connectivity index (χ0v) is 10.6. The molecule has 0 amide bonds. The third-order valence-electron chi connectivity index (χ3n) is 2.70. The number of benzene rings is 1. The van der Waals surface area contributed by atoms with Gasteiger partial charge in [-0.3, -0.25) is 4.98 Å². The maximum absolute atomic E-state index is 5.59. The van der Waals surface area contributed by atoms with Crippen LogP contribution in [0, 0.1) is 6.92 Å². The lowest BCUT2D eigenvalue weighted by atomic mass is 10.2. The van der Waals surface area contributed by atoms with Gasteiger partial charge in [0, 0.05) is 19.3 Å². The highest BCUT2D eigenvalue weighted by Crippen LogP contribution is 2.07. The molecule has 1 N–H and O–H groups in total. The smallest absolute Gasteiger partial charge is 0.119 e. The minimum Gasteiger partial charge on any atom is -0.492 e. The molecule has 0 radical (unpaired) electrons. The number of nitrogens with zero attached hydrogens (tertiary/aromatic N) is 1. The van der Waals surface area contributed by atoms with Gasteiger partial charge in [-0.15, -0.1) is 0 Å². The van der Waals surface area contributed by atoms with Crippen LogP contribution in [0.2, 0.25) is 0 Å². The molecule has 0 aliphatic rings. The third-order valence-corrected chi connectivity index (χ3v) is 2.70. The van der Waals surface area contributed by atoms with Crippen LogP contribution in [0.1, 0.15) is 11.3 Å². The molecule has 0 saturated carbocycles. The number of pyridine rings is 1. The van der Waals surface area contributed by atoms with Crippen molar-refractivity contribution >= 4 is 0 Å². The molecule has 2 rings (SSSR count). The Kier molecular flexibility index (Phi) is 4.73. The van der Waals surface area contributed by atoms with Crippen molar-refractivity contribution in [3.63, 3.8) is 0 Å². The number of aromatic nitrogens is 1. The Morgan fingerprint density at radius 2 is 1.94 bits per heavy atom. The predicted octanol–water partition coefficient (Wildman–Crippen LogP) is 2.56. The van der Waals surface area contributed by atoms with E-state index in [0.29, 0.717) is 6.61 Å². The number of hydrogen-bond acceptors (Lipinski definition) is 3. The molecule has 0 aliphatic carbocycles. The van der Waals surface area contributed by atoms with Gasteiger partial charge in [0.15, 0.2) is 0 Å². The third kappa shape index (κ3) is 3.86. The maximum Gasteiger partial charge on any atom is 0.119 e. The van der Waals surface area contributed by atoms with Crippen molar-refractivity contribution in [3.8, 4) is 5.75 Å². The van der Waals surface area contributed by atoms with Crippen LogP contribution in [-0.2, 0) is 6.54 Å². The van der Waals surface area contributed by atoms with Gasteiger partial charge in [0.05, 0.1) is 5.69 Å². The van der Waals surface area contributed by atoms with Crippen molar-refractivity contribution in [1.82, 2.24) is 10.3 Å². The molecule has 0 unspecified atom stereocenters. The average molecular weight is 242 g/mol. The standard InChI is InChI=1S/C15H18N2O/c1-13-6-5-9-17-15(13)12-16-10-11-18-14-7-3-2-4-8-14/h2-9,16H,10-12H2,1H3. The molecular formula is C15H18N2O. The summed E-state index contributed by atoms with van der Waals surface area (Å²) in [4.78, 5) is 4.33. The average Bonchev–Trinajstić information content (AvgIpc) is 2.42. The molecule has 1 heterocycles. The van der Waals surface area contributed by atoms with E-state index in [1.165, 1.54) is 5.56 Å². The van der Waals surface area contributed by atoms with Crippen LogP contribution in [0.5, 0.6) is 5.75 Å². The molecular weight excluding hydrogens is 224 g/mol. The number of ether oxygens (including phenoxy) is 1. The molecule has 0 bridgehead atoms. The van der Waals surface area contributed by atoms with E-state index in [9.17, 15) is 0 Å². The normalized spacial score (nSPS) is 10.3. The van der Waals surface area contributed by atoms with Gasteiger partial charge in [-0.05, 0) is 30.7 Å². The minimum atomic E-state index is 0.663. The van der Waals surface area contributed by atoms with E-state index in [1.54, 1.807) is 0 Å². The second kappa shape index (κ2) is 6.77. The summed E-state index contributed by atoms with van der Waals surface area (Å²) in [5.41, 5.74) is 2.31. The molecule has 0 spiro atoms. The van der Waals surface area contributed by atoms with Crippen molar-refractivity contribution in [3.05, 3.63) is 59.9 Å². The second-order valence-electron chi connectivity index (χ2n) is 4.11. The van der Waals surface area contributed by atoms with Crippen molar-refractivity contribution in [2.45, 2.75) is 13.5 Å². The minimum absolute atomic E-state index is 0.663. The predicted molar refractivity (Wildman–Crippen MR) is 72.6 cm³/mol. The van der Waals surface area contributed by atoms with Crippen LogP contribution in [0.15, 0.2) is 48.7 Å². The molecule has 18 heavy (non-hydrogen) atoms. The fourth-order valence-electron chi connectivity index (χ4n) is 1.67. The quantitative estimate of drug-likeness (QED) is 0.790. The first kappa shape index (κ1) is 12.6. The van der Waals surface area contributed by atoms with Gasteiger partial charge in [-0.25, -0.2) is 0 Å². The Balaban J connectivity index is 1.66. The van der Waals surface area contributed by atoms with Crippen LogP contribution in [0.3, 0.4) is 0 Å². The summed E-state index contributed by atoms with van der Waals surface area (Å²) in [6.45, 7) is 4.33. The van der Waals surface area contributed by atoms with Gasteiger partial charge in [0.1, 0.15) is 12.4 Å². The summed E-state index contributed by atoms with van der Waals surface area (Å²) in [5, 5.41) is 3.33. The largest absolute Gasteiger partial charge is 0.492 e. The van der Waals surface area contributed by atoms with Crippen LogP contribution < -0.4 is 10.1 Å². The first-order valence-electron chi connectivity index (χ1n) is 6.15. The Labute approximate surface area is 108 Å². The summed E-state index contributed by atoms with van der Waals surface area (Å²) >= 11 is 0. The fraction of sp³-hybridized carbons (Fsp3) is 0.267. The molecule has 0 fully saturated rings. The van der Waals surface area contributed by atoms with Gasteiger partial charge < -0.3 is 10.1 Å². The van der Waals surface area contributed by atoms with Gasteiger partial charge in [-0.2, -0.15) is 0 Å². The lowest BCUT2D eigenvalue weighted by Gasteiger charge is -2.08. The van der Waals surface area contributed by atoms with Crippen molar-refractivity contribution < 1.29 is 4.74 Å². The second-order valence-corrected chi connectivity index (χ2v) is 4.11. The lowest BCUT2D eigenvalue weighted by Crippen LogP contribution is -2.21. The molecule has 1 aromatic heterocycles. The van der Waals surface area contributed by atoms with Crippen molar-refractivity contribution in [2.75, 3.05) is 13.2 Å². The van der Waals surface area contributed by atoms with Crippen LogP contribution in [-0.4, -0.2) is 18.1 Å². The van der Waals surface area contributed by atoms with E-state index in [1.807, 2.05) is 42.6 Å². The topological polar surface area (TPSA) is 34.2 Å². The fourth-order valence-corrected chi connectivity index (χ4v) is 1.67. The van der Waals surface area contributed by atoms with Crippen molar-refractivity contribution in [1.29, 1.82) is 0 Å². The summed E-state index contributed by atoms with van der Waals surface area (Å²) < 4.78 is 5.59. The van der Waals surface area contributed by atoms with E-state index in [2.05, 4.69) is 23.3 Å². The summed E-state index contributed by atoms with van der Waals surface area (Å²) in [5.74, 6) is 0.910. The van der Waals surface area contributed by atoms with E-state index in [-0.39, 0.29) is 0 Å². The van der Waals surface area contributed by atoms with E-state index in [0.717, 1.165) is 24.5 Å². The Morgan fingerprint density at radius 3 is 2.72 bits per heavy atom. The SMILES string of the molecule is Cc1cccnc1CNCCOc1ccccc1. The Hall–Kier alpha value is -1.87. The molecule has 3 nitrogen and oxygen atoms in total. The first-order chi connectivity index (χ1) is 8.86. The molecule has 94 valence electrons. The Bertz CT molecular complexity index is 471. The molecule has 3 heteroatoms. The van der Waals surface area contributed by atoms with Gasteiger partial charge in [-0.1, -0.05) is 24.3 Å². The number of aryl methyl sites for hydroxylation is 1. The number of rotatable bonds is 6. The lowest BCUT2D eigenvalue weighted by molar-refractivity contribution is 0.313. The number of para-hydroxylation sites is 1. The number of hydrogen-bond donors (Lipinski definition) is 1. The van der Waals surface area contributed by atoms with Crippen LogP contribution in [0.4, 0.5) is 0 Å². The van der Waals surface area contributed by atoms with Crippen molar-refractivity contribution in [2.24, 2.45) is 0 Å².